The Morgan fingerprint density at radius 2 is 2.00 bits per heavy atom. The molecule has 1 saturated heterocycles. The van der Waals surface area contributed by atoms with Crippen LogP contribution in [0, 0.1) is 5.92 Å². The van der Waals surface area contributed by atoms with Crippen LogP contribution in [0.25, 0.3) is 0 Å². The maximum absolute atomic E-state index is 5.39. The van der Waals surface area contributed by atoms with E-state index in [4.69, 9.17) is 5.84 Å². The molecule has 1 aliphatic heterocycles. The highest BCUT2D eigenvalue weighted by Crippen LogP contribution is 2.30. The van der Waals surface area contributed by atoms with E-state index in [1.165, 1.54) is 19.4 Å². The summed E-state index contributed by atoms with van der Waals surface area (Å²) in [4.78, 5) is 9.40. The first-order valence-electron chi connectivity index (χ1n) is 6.76. The summed E-state index contributed by atoms with van der Waals surface area (Å²) in [5, 5.41) is 0. The number of nitrogens with zero attached hydrogens (tertiary/aromatic N) is 3. The van der Waals surface area contributed by atoms with Crippen molar-refractivity contribution in [3.63, 3.8) is 0 Å². The molecule has 0 bridgehead atoms. The summed E-state index contributed by atoms with van der Waals surface area (Å²) in [6.07, 6.45) is 2.87. The van der Waals surface area contributed by atoms with Gasteiger partial charge < -0.3 is 10.3 Å². The third-order valence-corrected chi connectivity index (χ3v) is 3.79. The van der Waals surface area contributed by atoms with Gasteiger partial charge in [0, 0.05) is 32.7 Å². The van der Waals surface area contributed by atoms with Crippen LogP contribution in [-0.4, -0.2) is 42.6 Å². The summed E-state index contributed by atoms with van der Waals surface area (Å²) < 4.78 is 0. The number of hydrogen-bond acceptors (Lipinski definition) is 5. The van der Waals surface area contributed by atoms with Crippen molar-refractivity contribution in [1.82, 2.24) is 9.88 Å². The lowest BCUT2D eigenvalue weighted by Gasteiger charge is -2.35. The molecule has 1 aromatic rings. The van der Waals surface area contributed by atoms with Crippen LogP contribution in [0.3, 0.4) is 0 Å². The summed E-state index contributed by atoms with van der Waals surface area (Å²) in [5.41, 5.74) is 2.60. The third-order valence-electron chi connectivity index (χ3n) is 3.79. The fourth-order valence-corrected chi connectivity index (χ4v) is 2.50. The molecule has 2 heterocycles. The number of anilines is 2. The lowest BCUT2D eigenvalue weighted by atomic mass is 10.2. The lowest BCUT2D eigenvalue weighted by molar-refractivity contribution is 0.247. The van der Waals surface area contributed by atoms with Crippen LogP contribution in [0.15, 0.2) is 18.2 Å². The van der Waals surface area contributed by atoms with E-state index in [9.17, 15) is 0 Å². The maximum atomic E-state index is 5.39. The molecule has 3 rings (SSSR count). The topological polar surface area (TPSA) is 57.4 Å². The van der Waals surface area contributed by atoms with Gasteiger partial charge in [-0.2, -0.15) is 0 Å². The Morgan fingerprint density at radius 3 is 2.67 bits per heavy atom. The van der Waals surface area contributed by atoms with E-state index >= 15 is 0 Å². The number of rotatable bonds is 4. The van der Waals surface area contributed by atoms with E-state index in [0.717, 1.165) is 43.7 Å². The van der Waals surface area contributed by atoms with Gasteiger partial charge in [0.1, 0.15) is 11.6 Å². The van der Waals surface area contributed by atoms with Crippen LogP contribution >= 0.6 is 0 Å². The normalized spacial score (nSPS) is 21.1. The van der Waals surface area contributed by atoms with E-state index in [1.807, 2.05) is 12.1 Å². The van der Waals surface area contributed by atoms with Crippen molar-refractivity contribution in [3.8, 4) is 0 Å². The van der Waals surface area contributed by atoms with E-state index in [1.54, 1.807) is 0 Å². The van der Waals surface area contributed by atoms with Gasteiger partial charge in [-0.3, -0.25) is 4.90 Å². The van der Waals surface area contributed by atoms with Crippen molar-refractivity contribution in [1.29, 1.82) is 0 Å². The fraction of sp³-hybridized carbons (Fsp3) is 0.615. The number of piperazine rings is 1. The quantitative estimate of drug-likeness (QED) is 0.611. The molecule has 5 nitrogen and oxygen atoms in total. The fourth-order valence-electron chi connectivity index (χ4n) is 2.50. The molecule has 0 radical (unpaired) electrons. The number of nitrogens with one attached hydrogen (secondary N) is 1. The van der Waals surface area contributed by atoms with E-state index in [-0.39, 0.29) is 0 Å². The van der Waals surface area contributed by atoms with Gasteiger partial charge in [0.05, 0.1) is 0 Å². The first-order valence-corrected chi connectivity index (χ1v) is 6.76. The van der Waals surface area contributed by atoms with E-state index in [0.29, 0.717) is 0 Å². The van der Waals surface area contributed by atoms with Crippen molar-refractivity contribution in [2.75, 3.05) is 43.0 Å². The van der Waals surface area contributed by atoms with Crippen LogP contribution in [-0.2, 0) is 0 Å². The van der Waals surface area contributed by atoms with Gasteiger partial charge in [0.15, 0.2) is 0 Å². The second-order valence-corrected chi connectivity index (χ2v) is 5.26. The molecule has 0 unspecified atom stereocenters. The summed E-state index contributed by atoms with van der Waals surface area (Å²) in [6.45, 7) is 5.73. The Labute approximate surface area is 108 Å². The minimum atomic E-state index is 0.730. The monoisotopic (exact) mass is 247 g/mol. The SMILES string of the molecule is NNc1cccc(N2CCN(CC3CC3)CC2)n1. The highest BCUT2D eigenvalue weighted by Gasteiger charge is 2.26. The Balaban J connectivity index is 1.57. The molecule has 1 saturated carbocycles. The van der Waals surface area contributed by atoms with Crippen LogP contribution in [0.5, 0.6) is 0 Å². The van der Waals surface area contributed by atoms with Crippen molar-refractivity contribution in [2.24, 2.45) is 11.8 Å². The third kappa shape index (κ3) is 2.73. The summed E-state index contributed by atoms with van der Waals surface area (Å²) >= 11 is 0. The second-order valence-electron chi connectivity index (χ2n) is 5.26. The van der Waals surface area contributed by atoms with Crippen molar-refractivity contribution < 1.29 is 0 Å². The van der Waals surface area contributed by atoms with Gasteiger partial charge in [-0.05, 0) is 30.9 Å². The molecular weight excluding hydrogens is 226 g/mol. The van der Waals surface area contributed by atoms with Crippen LogP contribution in [0.2, 0.25) is 0 Å². The number of hydrogen-bond donors (Lipinski definition) is 2. The Morgan fingerprint density at radius 1 is 1.22 bits per heavy atom. The number of pyridine rings is 1. The molecular formula is C13H21N5. The highest BCUT2D eigenvalue weighted by molar-refractivity contribution is 5.46. The zero-order valence-corrected chi connectivity index (χ0v) is 10.7. The van der Waals surface area contributed by atoms with Gasteiger partial charge in [-0.25, -0.2) is 10.8 Å². The zero-order chi connectivity index (χ0) is 12.4. The second kappa shape index (κ2) is 5.12. The molecule has 0 aromatic carbocycles. The molecule has 3 N–H and O–H groups in total. The van der Waals surface area contributed by atoms with Gasteiger partial charge in [-0.1, -0.05) is 6.07 Å². The average Bonchev–Trinajstić information content (AvgIpc) is 3.24. The Hall–Kier alpha value is -1.33. The zero-order valence-electron chi connectivity index (χ0n) is 10.7. The molecule has 0 spiro atoms. The largest absolute Gasteiger partial charge is 0.354 e. The Bertz CT molecular complexity index is 396. The predicted molar refractivity (Wildman–Crippen MR) is 73.4 cm³/mol. The maximum Gasteiger partial charge on any atom is 0.142 e. The number of hydrazine groups is 1. The standard InChI is InChI=1S/C13H21N5/c14-16-12-2-1-3-13(15-12)18-8-6-17(7-9-18)10-11-4-5-11/h1-3,11H,4-10,14H2,(H,15,16). The van der Waals surface area contributed by atoms with E-state index < -0.39 is 0 Å². The minimum absolute atomic E-state index is 0.730. The molecule has 1 aromatic heterocycles. The lowest BCUT2D eigenvalue weighted by Crippen LogP contribution is -2.47. The summed E-state index contributed by atoms with van der Waals surface area (Å²) in [5.74, 6) is 8.13. The van der Waals surface area contributed by atoms with Crippen LogP contribution in [0.4, 0.5) is 11.6 Å². The molecule has 1 aliphatic carbocycles. The summed E-state index contributed by atoms with van der Waals surface area (Å²) in [6, 6.07) is 5.93. The smallest absolute Gasteiger partial charge is 0.142 e. The van der Waals surface area contributed by atoms with Crippen LogP contribution < -0.4 is 16.2 Å². The molecule has 2 fully saturated rings. The van der Waals surface area contributed by atoms with Crippen molar-refractivity contribution >= 4 is 11.6 Å². The van der Waals surface area contributed by atoms with Crippen LogP contribution in [0.1, 0.15) is 12.8 Å². The predicted octanol–water partition coefficient (Wildman–Crippen LogP) is 0.899. The van der Waals surface area contributed by atoms with Gasteiger partial charge in [0.25, 0.3) is 0 Å². The summed E-state index contributed by atoms with van der Waals surface area (Å²) in [7, 11) is 0. The van der Waals surface area contributed by atoms with E-state index in [2.05, 4.69) is 26.3 Å². The first-order chi connectivity index (χ1) is 8.85. The number of nitrogen functional groups attached to an aromatic ring is 1. The van der Waals surface area contributed by atoms with Gasteiger partial charge in [0.2, 0.25) is 0 Å². The van der Waals surface area contributed by atoms with Gasteiger partial charge >= 0.3 is 0 Å². The molecule has 18 heavy (non-hydrogen) atoms. The van der Waals surface area contributed by atoms with Crippen molar-refractivity contribution in [3.05, 3.63) is 18.2 Å². The first kappa shape index (κ1) is 11.7. The average molecular weight is 247 g/mol. The molecule has 0 amide bonds. The molecule has 5 heteroatoms. The molecule has 98 valence electrons. The van der Waals surface area contributed by atoms with Gasteiger partial charge in [-0.15, -0.1) is 0 Å². The number of aromatic nitrogens is 1. The Kier molecular flexibility index (Phi) is 3.34. The number of nitrogens with two attached hydrogens (primary N) is 1. The minimum Gasteiger partial charge on any atom is -0.354 e. The van der Waals surface area contributed by atoms with Crippen molar-refractivity contribution in [2.45, 2.75) is 12.8 Å². The highest BCUT2D eigenvalue weighted by atomic mass is 15.3. The molecule has 2 aliphatic rings. The molecule has 0 atom stereocenters.